The fourth-order valence-electron chi connectivity index (χ4n) is 1.22. The second kappa shape index (κ2) is 4.16. The van der Waals surface area contributed by atoms with Crippen molar-refractivity contribution in [3.63, 3.8) is 0 Å². The predicted molar refractivity (Wildman–Crippen MR) is 62.2 cm³/mol. The molecule has 0 spiro atoms. The van der Waals surface area contributed by atoms with Crippen LogP contribution in [-0.2, 0) is 0 Å². The van der Waals surface area contributed by atoms with Crippen LogP contribution < -0.4 is 15.6 Å². The molecule has 0 amide bonds. The Morgan fingerprint density at radius 3 is 2.57 bits per heavy atom. The Labute approximate surface area is 92.2 Å². The summed E-state index contributed by atoms with van der Waals surface area (Å²) in [6.45, 7) is 0. The molecule has 1 saturated heterocycles. The molecule has 74 valence electrons. The molecule has 1 heterocycles. The van der Waals surface area contributed by atoms with Crippen molar-refractivity contribution in [2.75, 3.05) is 7.11 Å². The van der Waals surface area contributed by atoms with Crippen molar-refractivity contribution in [3.05, 3.63) is 29.8 Å². The molecule has 1 aliphatic rings. The van der Waals surface area contributed by atoms with Gasteiger partial charge in [0.2, 0.25) is 0 Å². The van der Waals surface area contributed by atoms with Gasteiger partial charge in [0.15, 0.2) is 0 Å². The smallest absolute Gasteiger partial charge is 0.149 e. The van der Waals surface area contributed by atoms with Gasteiger partial charge in [-0.3, -0.25) is 0 Å². The third-order valence-corrected chi connectivity index (χ3v) is 3.28. The lowest BCUT2D eigenvalue weighted by Gasteiger charge is -2.08. The van der Waals surface area contributed by atoms with Crippen LogP contribution in [0.1, 0.15) is 10.9 Å². The molecule has 0 aromatic heterocycles. The van der Waals surface area contributed by atoms with E-state index < -0.39 is 0 Å². The number of ether oxygens (including phenoxy) is 1. The standard InChI is InChI=1S/C9H10N2OS2/c1-12-7-4-2-6(3-5-7)8-10-11-9(13)14-8/h2-5,8,10H,1H3,(H,11,13)/t8-/m1/s1. The fraction of sp³-hybridized carbons (Fsp3) is 0.222. The molecule has 1 aromatic carbocycles. The second-order valence-electron chi connectivity index (χ2n) is 2.83. The Hall–Kier alpha value is -0.780. The van der Waals surface area contributed by atoms with E-state index in [1.807, 2.05) is 24.3 Å². The largest absolute Gasteiger partial charge is 0.497 e. The van der Waals surface area contributed by atoms with Crippen molar-refractivity contribution in [1.82, 2.24) is 10.9 Å². The van der Waals surface area contributed by atoms with Gasteiger partial charge in [0.1, 0.15) is 15.4 Å². The Balaban J connectivity index is 2.13. The number of hydrogen-bond donors (Lipinski definition) is 2. The molecule has 1 aliphatic heterocycles. The summed E-state index contributed by atoms with van der Waals surface area (Å²) < 4.78 is 5.87. The van der Waals surface area contributed by atoms with E-state index in [0.29, 0.717) is 0 Å². The summed E-state index contributed by atoms with van der Waals surface area (Å²) in [5.41, 5.74) is 7.18. The highest BCUT2D eigenvalue weighted by Crippen LogP contribution is 2.30. The van der Waals surface area contributed by atoms with Gasteiger partial charge in [0, 0.05) is 0 Å². The summed E-state index contributed by atoms with van der Waals surface area (Å²) in [6.07, 6.45) is 0. The van der Waals surface area contributed by atoms with Crippen LogP contribution in [-0.4, -0.2) is 11.4 Å². The van der Waals surface area contributed by atoms with Gasteiger partial charge >= 0.3 is 0 Å². The number of hydrazine groups is 1. The Morgan fingerprint density at radius 2 is 2.07 bits per heavy atom. The third kappa shape index (κ3) is 2.00. The number of rotatable bonds is 2. The van der Waals surface area contributed by atoms with E-state index in [0.717, 1.165) is 10.1 Å². The number of nitrogens with one attached hydrogen (secondary N) is 2. The van der Waals surface area contributed by atoms with Crippen LogP contribution in [0, 0.1) is 0 Å². The number of benzene rings is 1. The molecule has 2 rings (SSSR count). The lowest BCUT2D eigenvalue weighted by Crippen LogP contribution is -2.26. The summed E-state index contributed by atoms with van der Waals surface area (Å²) in [4.78, 5) is 0. The van der Waals surface area contributed by atoms with Gasteiger partial charge in [0.05, 0.1) is 7.11 Å². The predicted octanol–water partition coefficient (Wildman–Crippen LogP) is 1.82. The number of thiocarbonyl (C=S) groups is 1. The normalized spacial score (nSPS) is 20.6. The number of hydrogen-bond acceptors (Lipinski definition) is 4. The van der Waals surface area contributed by atoms with E-state index in [2.05, 4.69) is 10.9 Å². The van der Waals surface area contributed by atoms with Gasteiger partial charge in [-0.1, -0.05) is 36.1 Å². The van der Waals surface area contributed by atoms with E-state index in [1.165, 1.54) is 5.56 Å². The zero-order chi connectivity index (χ0) is 9.97. The van der Waals surface area contributed by atoms with Crippen LogP contribution in [0.25, 0.3) is 0 Å². The van der Waals surface area contributed by atoms with Gasteiger partial charge in [-0.05, 0) is 17.7 Å². The first kappa shape index (κ1) is 9.76. The van der Waals surface area contributed by atoms with Crippen molar-refractivity contribution < 1.29 is 4.74 Å². The average Bonchev–Trinajstić information content (AvgIpc) is 2.65. The molecule has 0 unspecified atom stereocenters. The molecule has 14 heavy (non-hydrogen) atoms. The summed E-state index contributed by atoms with van der Waals surface area (Å²) in [7, 11) is 1.66. The molecule has 1 fully saturated rings. The van der Waals surface area contributed by atoms with Crippen molar-refractivity contribution >= 4 is 28.3 Å². The number of methoxy groups -OCH3 is 1. The minimum Gasteiger partial charge on any atom is -0.497 e. The maximum absolute atomic E-state index is 5.08. The van der Waals surface area contributed by atoms with Crippen LogP contribution >= 0.6 is 24.0 Å². The lowest BCUT2D eigenvalue weighted by molar-refractivity contribution is 0.414. The maximum atomic E-state index is 5.08. The molecule has 1 aromatic rings. The average molecular weight is 226 g/mol. The van der Waals surface area contributed by atoms with E-state index in [1.54, 1.807) is 18.9 Å². The van der Waals surface area contributed by atoms with Gasteiger partial charge < -0.3 is 10.2 Å². The monoisotopic (exact) mass is 226 g/mol. The molecule has 1 atom stereocenters. The van der Waals surface area contributed by atoms with Gasteiger partial charge in [-0.2, -0.15) is 0 Å². The zero-order valence-electron chi connectivity index (χ0n) is 7.61. The topological polar surface area (TPSA) is 33.3 Å². The molecular weight excluding hydrogens is 216 g/mol. The summed E-state index contributed by atoms with van der Waals surface area (Å²) in [5.74, 6) is 0.868. The Bertz CT molecular complexity index is 339. The molecular formula is C9H10N2OS2. The van der Waals surface area contributed by atoms with Crippen LogP contribution in [0.2, 0.25) is 0 Å². The highest BCUT2D eigenvalue weighted by molar-refractivity contribution is 8.23. The van der Waals surface area contributed by atoms with Gasteiger partial charge in [-0.25, -0.2) is 5.43 Å². The molecule has 0 aliphatic carbocycles. The van der Waals surface area contributed by atoms with Crippen molar-refractivity contribution in [1.29, 1.82) is 0 Å². The SMILES string of the molecule is COc1ccc([C@@H]2NNC(=S)S2)cc1. The Morgan fingerprint density at radius 1 is 1.36 bits per heavy atom. The molecule has 0 bridgehead atoms. The first-order valence-electron chi connectivity index (χ1n) is 4.16. The molecule has 0 saturated carbocycles. The summed E-state index contributed by atoms with van der Waals surface area (Å²) >= 11 is 6.61. The lowest BCUT2D eigenvalue weighted by atomic mass is 10.2. The fourth-order valence-corrected chi connectivity index (χ4v) is 2.31. The Kier molecular flexibility index (Phi) is 2.90. The first-order valence-corrected chi connectivity index (χ1v) is 5.44. The van der Waals surface area contributed by atoms with Crippen LogP contribution in [0.3, 0.4) is 0 Å². The molecule has 0 radical (unpaired) electrons. The van der Waals surface area contributed by atoms with Crippen molar-refractivity contribution in [2.24, 2.45) is 0 Å². The zero-order valence-corrected chi connectivity index (χ0v) is 9.24. The third-order valence-electron chi connectivity index (χ3n) is 1.95. The van der Waals surface area contributed by atoms with Crippen LogP contribution in [0.4, 0.5) is 0 Å². The summed E-state index contributed by atoms with van der Waals surface area (Å²) in [6, 6.07) is 7.94. The van der Waals surface area contributed by atoms with Crippen LogP contribution in [0.5, 0.6) is 5.75 Å². The maximum Gasteiger partial charge on any atom is 0.149 e. The van der Waals surface area contributed by atoms with E-state index >= 15 is 0 Å². The highest BCUT2D eigenvalue weighted by atomic mass is 32.2. The van der Waals surface area contributed by atoms with Crippen molar-refractivity contribution in [2.45, 2.75) is 5.37 Å². The second-order valence-corrected chi connectivity index (χ2v) is 4.61. The van der Waals surface area contributed by atoms with E-state index in [-0.39, 0.29) is 5.37 Å². The first-order chi connectivity index (χ1) is 6.79. The molecule has 2 N–H and O–H groups in total. The summed E-state index contributed by atoms with van der Waals surface area (Å²) in [5, 5.41) is 0.202. The molecule has 5 heteroatoms. The minimum atomic E-state index is 0.202. The van der Waals surface area contributed by atoms with E-state index in [9.17, 15) is 0 Å². The number of thioether (sulfide) groups is 1. The van der Waals surface area contributed by atoms with Gasteiger partial charge in [0.25, 0.3) is 0 Å². The highest BCUT2D eigenvalue weighted by Gasteiger charge is 2.20. The van der Waals surface area contributed by atoms with Gasteiger partial charge in [-0.15, -0.1) is 0 Å². The van der Waals surface area contributed by atoms with E-state index in [4.69, 9.17) is 17.0 Å². The molecule has 3 nitrogen and oxygen atoms in total. The minimum absolute atomic E-state index is 0.202. The van der Waals surface area contributed by atoms with Crippen LogP contribution in [0.15, 0.2) is 24.3 Å². The van der Waals surface area contributed by atoms with Crippen molar-refractivity contribution in [3.8, 4) is 5.75 Å². The quantitative estimate of drug-likeness (QED) is 0.752.